The van der Waals surface area contributed by atoms with Crippen LogP contribution in [-0.2, 0) is 24.8 Å². The van der Waals surface area contributed by atoms with Gasteiger partial charge in [-0.2, -0.15) is 0 Å². The Morgan fingerprint density at radius 2 is 1.44 bits per heavy atom. The van der Waals surface area contributed by atoms with Crippen molar-refractivity contribution in [2.75, 3.05) is 10.8 Å². The number of carbonyl (C=O) groups is 1. The van der Waals surface area contributed by atoms with Gasteiger partial charge in [0.2, 0.25) is 15.9 Å². The Morgan fingerprint density at radius 1 is 0.882 bits per heavy atom. The number of sulfonamides is 2. The molecule has 0 heterocycles. The molecule has 1 amide bonds. The van der Waals surface area contributed by atoms with E-state index in [0.29, 0.717) is 11.3 Å². The quantitative estimate of drug-likeness (QED) is 0.466. The standard InChI is InChI=1S/C24H27N3O5S2/c1-18-8-12-23(13-9-18)34(31,32)27(21-6-4-3-5-7-21)17-16-24(28)26-19(2)20-10-14-22(15-11-20)33(25,29)30/h3-15,19H,16-17H2,1-2H3,(H,26,28)(H2,25,29,30). The van der Waals surface area contributed by atoms with Crippen molar-refractivity contribution < 1.29 is 21.6 Å². The van der Waals surface area contributed by atoms with Gasteiger partial charge in [0.1, 0.15) is 0 Å². The summed E-state index contributed by atoms with van der Waals surface area (Å²) in [7, 11) is -7.68. The van der Waals surface area contributed by atoms with E-state index in [4.69, 9.17) is 5.14 Å². The molecule has 1 unspecified atom stereocenters. The summed E-state index contributed by atoms with van der Waals surface area (Å²) in [5, 5.41) is 7.93. The second-order valence-corrected chi connectivity index (χ2v) is 11.3. The van der Waals surface area contributed by atoms with Gasteiger partial charge in [0, 0.05) is 13.0 Å². The van der Waals surface area contributed by atoms with Crippen LogP contribution >= 0.6 is 0 Å². The summed E-state index contributed by atoms with van der Waals surface area (Å²) in [6, 6.07) is 20.7. The van der Waals surface area contributed by atoms with Gasteiger partial charge in [-0.05, 0) is 55.8 Å². The lowest BCUT2D eigenvalue weighted by Gasteiger charge is -2.25. The number of rotatable bonds is 9. The molecule has 3 aromatic rings. The average Bonchev–Trinajstić information content (AvgIpc) is 2.79. The zero-order chi connectivity index (χ0) is 24.9. The first-order valence-electron chi connectivity index (χ1n) is 10.5. The zero-order valence-electron chi connectivity index (χ0n) is 18.9. The highest BCUT2D eigenvalue weighted by atomic mass is 32.2. The number of primary sulfonamides is 1. The van der Waals surface area contributed by atoms with E-state index in [1.165, 1.54) is 16.4 Å². The van der Waals surface area contributed by atoms with E-state index in [9.17, 15) is 21.6 Å². The Balaban J connectivity index is 1.74. The van der Waals surface area contributed by atoms with E-state index in [1.807, 2.05) is 6.92 Å². The molecule has 0 bridgehead atoms. The number of aryl methyl sites for hydroxylation is 1. The number of benzene rings is 3. The van der Waals surface area contributed by atoms with Crippen molar-refractivity contribution in [3.8, 4) is 0 Å². The third-order valence-electron chi connectivity index (χ3n) is 5.28. The van der Waals surface area contributed by atoms with Crippen molar-refractivity contribution in [2.24, 2.45) is 5.14 Å². The van der Waals surface area contributed by atoms with Crippen molar-refractivity contribution in [1.29, 1.82) is 0 Å². The van der Waals surface area contributed by atoms with Crippen molar-refractivity contribution in [1.82, 2.24) is 5.32 Å². The number of para-hydroxylation sites is 1. The fourth-order valence-electron chi connectivity index (χ4n) is 3.37. The summed E-state index contributed by atoms with van der Waals surface area (Å²) in [4.78, 5) is 12.8. The molecule has 3 aromatic carbocycles. The van der Waals surface area contributed by atoms with Gasteiger partial charge >= 0.3 is 0 Å². The second kappa shape index (κ2) is 10.4. The van der Waals surface area contributed by atoms with Crippen LogP contribution in [0, 0.1) is 6.92 Å². The van der Waals surface area contributed by atoms with Gasteiger partial charge in [-0.1, -0.05) is 48.0 Å². The molecule has 0 saturated heterocycles. The van der Waals surface area contributed by atoms with E-state index < -0.39 is 26.1 Å². The number of nitrogens with two attached hydrogens (primary N) is 1. The van der Waals surface area contributed by atoms with Crippen LogP contribution in [0.15, 0.2) is 88.7 Å². The van der Waals surface area contributed by atoms with E-state index in [-0.39, 0.29) is 28.7 Å². The molecule has 3 N–H and O–H groups in total. The average molecular weight is 502 g/mol. The van der Waals surface area contributed by atoms with Gasteiger partial charge in [0.25, 0.3) is 10.0 Å². The second-order valence-electron chi connectivity index (χ2n) is 7.88. The first-order valence-corrected chi connectivity index (χ1v) is 13.5. The molecule has 0 fully saturated rings. The molecule has 1 atom stereocenters. The monoisotopic (exact) mass is 501 g/mol. The SMILES string of the molecule is Cc1ccc(S(=O)(=O)N(CCC(=O)NC(C)c2ccc(S(N)(=O)=O)cc2)c2ccccc2)cc1. The third-order valence-corrected chi connectivity index (χ3v) is 8.05. The van der Waals surface area contributed by atoms with Crippen molar-refractivity contribution in [3.63, 3.8) is 0 Å². The van der Waals surface area contributed by atoms with E-state index >= 15 is 0 Å². The molecule has 10 heteroatoms. The highest BCUT2D eigenvalue weighted by molar-refractivity contribution is 7.92. The summed E-state index contributed by atoms with van der Waals surface area (Å²) in [5.41, 5.74) is 2.09. The minimum atomic E-state index is -3.88. The van der Waals surface area contributed by atoms with E-state index in [2.05, 4.69) is 5.32 Å². The Morgan fingerprint density at radius 3 is 2.00 bits per heavy atom. The maximum Gasteiger partial charge on any atom is 0.264 e. The van der Waals surface area contributed by atoms with Gasteiger partial charge in [-0.15, -0.1) is 0 Å². The molecule has 0 aliphatic rings. The van der Waals surface area contributed by atoms with Gasteiger partial charge in [-0.25, -0.2) is 22.0 Å². The highest BCUT2D eigenvalue weighted by Gasteiger charge is 2.25. The largest absolute Gasteiger partial charge is 0.350 e. The maximum absolute atomic E-state index is 13.3. The molecule has 0 saturated carbocycles. The molecular weight excluding hydrogens is 474 g/mol. The molecular formula is C24H27N3O5S2. The fourth-order valence-corrected chi connectivity index (χ4v) is 5.35. The molecule has 0 aromatic heterocycles. The molecule has 34 heavy (non-hydrogen) atoms. The van der Waals surface area contributed by atoms with Crippen LogP contribution in [0.4, 0.5) is 5.69 Å². The molecule has 3 rings (SSSR count). The number of hydrogen-bond acceptors (Lipinski definition) is 5. The van der Waals surface area contributed by atoms with Crippen LogP contribution < -0.4 is 14.8 Å². The van der Waals surface area contributed by atoms with Crippen LogP contribution in [-0.4, -0.2) is 29.3 Å². The van der Waals surface area contributed by atoms with Gasteiger partial charge < -0.3 is 5.32 Å². The van der Waals surface area contributed by atoms with E-state index in [0.717, 1.165) is 5.56 Å². The molecule has 0 aliphatic heterocycles. The Labute approximate surface area is 200 Å². The summed E-state index contributed by atoms with van der Waals surface area (Å²) in [6.07, 6.45) is -0.0699. The molecule has 8 nitrogen and oxygen atoms in total. The Hall–Kier alpha value is -3.21. The number of anilines is 1. The lowest BCUT2D eigenvalue weighted by atomic mass is 10.1. The van der Waals surface area contributed by atoms with Crippen LogP contribution in [0.1, 0.15) is 30.5 Å². The first kappa shape index (κ1) is 25.4. The molecule has 0 aliphatic carbocycles. The van der Waals surface area contributed by atoms with Crippen LogP contribution in [0.2, 0.25) is 0 Å². The van der Waals surface area contributed by atoms with Crippen molar-refractivity contribution in [2.45, 2.75) is 36.1 Å². The third kappa shape index (κ3) is 6.22. The predicted molar refractivity (Wildman–Crippen MR) is 131 cm³/mol. The molecule has 180 valence electrons. The Kier molecular flexibility index (Phi) is 7.75. The first-order chi connectivity index (χ1) is 16.0. The number of nitrogens with one attached hydrogen (secondary N) is 1. The summed E-state index contributed by atoms with van der Waals surface area (Å²) in [5.74, 6) is -0.344. The minimum Gasteiger partial charge on any atom is -0.350 e. The van der Waals surface area contributed by atoms with Crippen molar-refractivity contribution >= 4 is 31.6 Å². The topological polar surface area (TPSA) is 127 Å². The summed E-state index contributed by atoms with van der Waals surface area (Å²) in [6.45, 7) is 3.57. The van der Waals surface area contributed by atoms with E-state index in [1.54, 1.807) is 73.7 Å². The van der Waals surface area contributed by atoms with Gasteiger partial charge in [-0.3, -0.25) is 9.10 Å². The predicted octanol–water partition coefficient (Wildman–Crippen LogP) is 3.11. The normalized spacial score (nSPS) is 12.7. The van der Waals surface area contributed by atoms with Crippen molar-refractivity contribution in [3.05, 3.63) is 90.0 Å². The maximum atomic E-state index is 13.3. The molecule has 0 radical (unpaired) electrons. The number of carbonyl (C=O) groups excluding carboxylic acids is 1. The smallest absolute Gasteiger partial charge is 0.264 e. The number of hydrogen-bond donors (Lipinski definition) is 2. The number of nitrogens with zero attached hydrogens (tertiary/aromatic N) is 1. The van der Waals surface area contributed by atoms with Gasteiger partial charge in [0.15, 0.2) is 0 Å². The molecule has 0 spiro atoms. The number of amides is 1. The zero-order valence-corrected chi connectivity index (χ0v) is 20.5. The minimum absolute atomic E-state index is 0.0189. The highest BCUT2D eigenvalue weighted by Crippen LogP contribution is 2.24. The summed E-state index contributed by atoms with van der Waals surface area (Å²) < 4.78 is 50.7. The van der Waals surface area contributed by atoms with Crippen LogP contribution in [0.25, 0.3) is 0 Å². The summed E-state index contributed by atoms with van der Waals surface area (Å²) >= 11 is 0. The van der Waals surface area contributed by atoms with Gasteiger partial charge in [0.05, 0.1) is 21.5 Å². The fraction of sp³-hybridized carbons (Fsp3) is 0.208. The lowest BCUT2D eigenvalue weighted by molar-refractivity contribution is -0.121. The lowest BCUT2D eigenvalue weighted by Crippen LogP contribution is -2.36. The van der Waals surface area contributed by atoms with Crippen LogP contribution in [0.3, 0.4) is 0 Å². The Bertz CT molecular complexity index is 1340. The van der Waals surface area contributed by atoms with Crippen LogP contribution in [0.5, 0.6) is 0 Å².